The van der Waals surface area contributed by atoms with E-state index in [1.54, 1.807) is 5.56 Å². The lowest BCUT2D eigenvalue weighted by Gasteiger charge is -2.52. The number of nitrogens with zero attached hydrogens (tertiary/aromatic N) is 2. The fourth-order valence-corrected chi connectivity index (χ4v) is 11.6. The molecule has 0 saturated heterocycles. The Hall–Kier alpha value is -3.76. The van der Waals surface area contributed by atoms with Gasteiger partial charge in [0.1, 0.15) is 0 Å². The molecule has 4 heteroatoms. The van der Waals surface area contributed by atoms with Crippen molar-refractivity contribution in [3.63, 3.8) is 0 Å². The molecule has 0 spiro atoms. The van der Waals surface area contributed by atoms with Crippen molar-refractivity contribution in [1.29, 1.82) is 0 Å². The summed E-state index contributed by atoms with van der Waals surface area (Å²) < 4.78 is 1.51. The Balaban J connectivity index is 1.36. The van der Waals surface area contributed by atoms with Crippen molar-refractivity contribution in [2.75, 3.05) is 9.80 Å². The number of fused-ring (bicyclic) bond motifs is 12. The fraction of sp³-hybridized carbons (Fsp3) is 0.282. The van der Waals surface area contributed by atoms with Crippen LogP contribution in [0, 0.1) is 0 Å². The Bertz CT molecular complexity index is 2020. The van der Waals surface area contributed by atoms with Gasteiger partial charge in [-0.3, -0.25) is 0 Å². The monoisotopic (exact) mass is 574 g/mol. The quantitative estimate of drug-likeness (QED) is 0.182. The second-order valence-electron chi connectivity index (χ2n) is 14.4. The minimum atomic E-state index is -0.0760. The predicted octanol–water partition coefficient (Wildman–Crippen LogP) is 8.41. The van der Waals surface area contributed by atoms with Gasteiger partial charge in [0.05, 0.1) is 11.2 Å². The van der Waals surface area contributed by atoms with Crippen LogP contribution in [-0.2, 0) is 10.8 Å². The van der Waals surface area contributed by atoms with Crippen molar-refractivity contribution in [3.05, 3.63) is 108 Å². The first-order chi connectivity index (χ1) is 20.9. The molecule has 4 heterocycles. The number of benzene rings is 4. The Morgan fingerprint density at radius 2 is 1.44 bits per heavy atom. The number of rotatable bonds is 1. The van der Waals surface area contributed by atoms with Crippen LogP contribution in [0.1, 0.15) is 70.1 Å². The molecular weight excluding hydrogens is 539 g/mol. The maximum atomic E-state index is 2.82. The van der Waals surface area contributed by atoms with E-state index in [1.807, 2.05) is 0 Å². The molecule has 0 amide bonds. The van der Waals surface area contributed by atoms with Crippen LogP contribution in [0.25, 0.3) is 10.4 Å². The van der Waals surface area contributed by atoms with Crippen molar-refractivity contribution in [1.82, 2.24) is 0 Å². The maximum Gasteiger partial charge on any atom is 0.264 e. The highest BCUT2D eigenvalue weighted by atomic mass is 32.1. The summed E-state index contributed by atoms with van der Waals surface area (Å²) in [6, 6.07) is 34.7. The van der Waals surface area contributed by atoms with E-state index in [4.69, 9.17) is 0 Å². The van der Waals surface area contributed by atoms with Crippen LogP contribution in [-0.4, -0.2) is 12.3 Å². The molecule has 10 rings (SSSR count). The van der Waals surface area contributed by atoms with Gasteiger partial charge in [-0.15, -0.1) is 11.3 Å². The first kappa shape index (κ1) is 24.7. The molecule has 210 valence electrons. The third-order valence-corrected chi connectivity index (χ3v) is 13.5. The number of hydrogen-bond donors (Lipinski definition) is 0. The largest absolute Gasteiger partial charge is 0.335 e. The molecule has 0 bridgehead atoms. The van der Waals surface area contributed by atoms with Crippen LogP contribution in [0.15, 0.2) is 91.0 Å². The average Bonchev–Trinajstić information content (AvgIpc) is 3.60. The molecule has 43 heavy (non-hydrogen) atoms. The summed E-state index contributed by atoms with van der Waals surface area (Å²) in [7, 11) is 0. The number of anilines is 5. The molecule has 4 aromatic carbocycles. The highest BCUT2D eigenvalue weighted by molar-refractivity contribution is 7.31. The second-order valence-corrected chi connectivity index (χ2v) is 15.4. The van der Waals surface area contributed by atoms with Gasteiger partial charge in [-0.1, -0.05) is 100 Å². The highest BCUT2D eigenvalue weighted by Gasteiger charge is 2.62. The second kappa shape index (κ2) is 7.84. The molecule has 1 saturated carbocycles. The molecule has 2 aliphatic carbocycles. The van der Waals surface area contributed by atoms with Crippen molar-refractivity contribution < 1.29 is 0 Å². The molecule has 5 aromatic rings. The van der Waals surface area contributed by atoms with Gasteiger partial charge in [-0.05, 0) is 71.6 Å². The zero-order valence-corrected chi connectivity index (χ0v) is 26.2. The van der Waals surface area contributed by atoms with E-state index < -0.39 is 0 Å². The van der Waals surface area contributed by atoms with E-state index in [-0.39, 0.29) is 23.1 Å². The van der Waals surface area contributed by atoms with Crippen LogP contribution < -0.4 is 25.5 Å². The lowest BCUT2D eigenvalue weighted by atomic mass is 9.36. The van der Waals surface area contributed by atoms with Gasteiger partial charge < -0.3 is 9.80 Å². The van der Waals surface area contributed by atoms with Gasteiger partial charge in [0.15, 0.2) is 0 Å². The lowest BCUT2D eigenvalue weighted by molar-refractivity contribution is 0.195. The predicted molar refractivity (Wildman–Crippen MR) is 184 cm³/mol. The first-order valence-corrected chi connectivity index (χ1v) is 16.9. The van der Waals surface area contributed by atoms with E-state index in [9.17, 15) is 0 Å². The summed E-state index contributed by atoms with van der Waals surface area (Å²) in [6.45, 7) is 10.3. The van der Waals surface area contributed by atoms with Crippen molar-refractivity contribution in [2.45, 2.75) is 69.7 Å². The summed E-state index contributed by atoms with van der Waals surface area (Å²) in [5, 5.41) is 0. The zero-order valence-electron chi connectivity index (χ0n) is 25.4. The van der Waals surface area contributed by atoms with Crippen LogP contribution in [0.5, 0.6) is 0 Å². The molecule has 1 aromatic heterocycles. The van der Waals surface area contributed by atoms with Crippen molar-refractivity contribution in [3.8, 4) is 10.4 Å². The third-order valence-electron chi connectivity index (χ3n) is 12.2. The van der Waals surface area contributed by atoms with E-state index in [0.29, 0.717) is 0 Å². The average molecular weight is 575 g/mol. The third kappa shape index (κ3) is 2.67. The maximum absolute atomic E-state index is 2.82. The zero-order chi connectivity index (χ0) is 28.9. The highest BCUT2D eigenvalue weighted by Crippen LogP contribution is 2.63. The molecule has 0 radical (unpaired) electrons. The smallest absolute Gasteiger partial charge is 0.264 e. The standard InChI is InChI=1S/C39H35BN2S/c1-37(2)26-17-9-8-16-25(26)35-31(37)34-36(43-35)40-28-18-10-11-19-29(28)42-33-27(38(3)22-12-13-23-39(38,42)4)20-21-30(32(33)40)41(34)24-14-6-5-7-15-24/h5-11,14-21H,12-13,22-23H2,1-4H3. The Kier molecular flexibility index (Phi) is 4.50. The number of para-hydroxylation sites is 2. The van der Waals surface area contributed by atoms with E-state index in [0.717, 1.165) is 0 Å². The molecule has 0 N–H and O–H groups in total. The van der Waals surface area contributed by atoms with Gasteiger partial charge >= 0.3 is 0 Å². The van der Waals surface area contributed by atoms with Crippen LogP contribution >= 0.6 is 11.3 Å². The van der Waals surface area contributed by atoms with Crippen molar-refractivity contribution in [2.24, 2.45) is 0 Å². The summed E-state index contributed by atoms with van der Waals surface area (Å²) in [4.78, 5) is 6.92. The summed E-state index contributed by atoms with van der Waals surface area (Å²) in [6.07, 6.45) is 5.10. The van der Waals surface area contributed by atoms with Crippen LogP contribution in [0.4, 0.5) is 28.4 Å². The fourth-order valence-electron chi connectivity index (χ4n) is 9.99. The summed E-state index contributed by atoms with van der Waals surface area (Å²) >= 11 is 2.06. The summed E-state index contributed by atoms with van der Waals surface area (Å²) in [5.41, 5.74) is 16.0. The van der Waals surface area contributed by atoms with Crippen LogP contribution in [0.2, 0.25) is 0 Å². The minimum absolute atomic E-state index is 0.0692. The normalized spacial score (nSPS) is 24.6. The molecule has 2 atom stereocenters. The topological polar surface area (TPSA) is 6.48 Å². The van der Waals surface area contributed by atoms with E-state index in [1.165, 1.54) is 91.4 Å². The van der Waals surface area contributed by atoms with Gasteiger partial charge in [-0.2, -0.15) is 0 Å². The van der Waals surface area contributed by atoms with Gasteiger partial charge in [-0.25, -0.2) is 0 Å². The Morgan fingerprint density at radius 1 is 0.698 bits per heavy atom. The van der Waals surface area contributed by atoms with Gasteiger partial charge in [0.25, 0.3) is 6.71 Å². The molecule has 5 aliphatic rings. The molecular formula is C39H35BN2S. The van der Waals surface area contributed by atoms with Crippen molar-refractivity contribution >= 4 is 62.2 Å². The summed E-state index contributed by atoms with van der Waals surface area (Å²) in [5.74, 6) is 0. The van der Waals surface area contributed by atoms with E-state index >= 15 is 0 Å². The minimum Gasteiger partial charge on any atom is -0.335 e. The Labute approximate surface area is 259 Å². The SMILES string of the molecule is CC1(C)c2ccccc2-c2sc3c(c21)N(c1ccccc1)c1ccc2c4c1B3c1ccccc1N4C1(C)CCCCC21C. The molecule has 3 aliphatic heterocycles. The van der Waals surface area contributed by atoms with Gasteiger partial charge in [0, 0.05) is 48.8 Å². The lowest BCUT2D eigenvalue weighted by Crippen LogP contribution is -2.63. The molecule has 2 unspecified atom stereocenters. The Morgan fingerprint density at radius 3 is 2.30 bits per heavy atom. The number of hydrogen-bond acceptors (Lipinski definition) is 3. The number of thiophene rings is 1. The van der Waals surface area contributed by atoms with Gasteiger partial charge in [0.2, 0.25) is 0 Å². The van der Waals surface area contributed by atoms with E-state index in [2.05, 4.69) is 140 Å². The molecule has 1 fully saturated rings. The molecule has 2 nitrogen and oxygen atoms in total. The van der Waals surface area contributed by atoms with Crippen LogP contribution in [0.3, 0.4) is 0 Å². The first-order valence-electron chi connectivity index (χ1n) is 16.0.